The van der Waals surface area contributed by atoms with Crippen molar-refractivity contribution in [1.29, 1.82) is 0 Å². The molecule has 1 aliphatic heterocycles. The van der Waals surface area contributed by atoms with Crippen LogP contribution in [-0.2, 0) is 6.54 Å². The number of rotatable bonds is 6. The third-order valence-electron chi connectivity index (χ3n) is 4.93. The van der Waals surface area contributed by atoms with Crippen LogP contribution in [0.4, 0.5) is 10.6 Å². The SMILES string of the molecule is COc1c(OCCN(C)C)ccc2c3n(c(=NC(=O)Oc4sc(C)nc4C)nc12)CCN3. The van der Waals surface area contributed by atoms with E-state index in [0.717, 1.165) is 22.8 Å². The average Bonchev–Trinajstić information content (AvgIpc) is 3.34. The number of aryl methyl sites for hydroxylation is 2. The summed E-state index contributed by atoms with van der Waals surface area (Å²) in [5.74, 6) is 1.91. The summed E-state index contributed by atoms with van der Waals surface area (Å²) in [7, 11) is 5.54. The lowest BCUT2D eigenvalue weighted by atomic mass is 10.2. The van der Waals surface area contributed by atoms with Crippen LogP contribution >= 0.6 is 11.3 Å². The number of anilines is 1. The van der Waals surface area contributed by atoms with Gasteiger partial charge in [0.25, 0.3) is 0 Å². The standard InChI is InChI=1S/C21H26N6O4S/c1-12-19(32-13(2)23-12)31-21(28)25-20-24-16-14(18-22-8-9-27(18)20)6-7-15(17(16)29-5)30-11-10-26(3)4/h6-7,22H,8-11H2,1-5H3. The molecule has 0 fully saturated rings. The molecule has 0 aliphatic carbocycles. The lowest BCUT2D eigenvalue weighted by Gasteiger charge is -2.16. The quantitative estimate of drug-likeness (QED) is 0.601. The van der Waals surface area contributed by atoms with E-state index in [9.17, 15) is 4.79 Å². The molecule has 4 rings (SSSR count). The monoisotopic (exact) mass is 458 g/mol. The number of thiazole rings is 1. The molecule has 0 radical (unpaired) electrons. The molecule has 0 bridgehead atoms. The second-order valence-electron chi connectivity index (χ2n) is 7.57. The van der Waals surface area contributed by atoms with Crippen LogP contribution in [0.25, 0.3) is 10.9 Å². The first-order chi connectivity index (χ1) is 15.4. The first-order valence-electron chi connectivity index (χ1n) is 10.2. The Labute approximate surface area is 189 Å². The van der Waals surface area contributed by atoms with Gasteiger partial charge in [0.1, 0.15) is 17.9 Å². The van der Waals surface area contributed by atoms with Crippen LogP contribution in [0, 0.1) is 13.8 Å². The number of carbonyl (C=O) groups excluding carboxylic acids is 1. The van der Waals surface area contributed by atoms with E-state index in [-0.39, 0.29) is 5.62 Å². The molecule has 11 heteroatoms. The first-order valence-corrected chi connectivity index (χ1v) is 11.0. The topological polar surface area (TPSA) is 103 Å². The van der Waals surface area contributed by atoms with Gasteiger partial charge in [0, 0.05) is 25.0 Å². The maximum absolute atomic E-state index is 12.6. The fourth-order valence-electron chi connectivity index (χ4n) is 3.47. The second-order valence-corrected chi connectivity index (χ2v) is 8.73. The maximum Gasteiger partial charge on any atom is 0.443 e. The molecule has 0 saturated carbocycles. The Morgan fingerprint density at radius 1 is 1.31 bits per heavy atom. The number of carbonyl (C=O) groups is 1. The van der Waals surface area contributed by atoms with Gasteiger partial charge in [0.15, 0.2) is 11.5 Å². The Kier molecular flexibility index (Phi) is 6.28. The normalized spacial score (nSPS) is 13.4. The molecular formula is C21H26N6O4S. The molecule has 1 aromatic carbocycles. The molecule has 1 N–H and O–H groups in total. The Hall–Kier alpha value is -3.18. The lowest BCUT2D eigenvalue weighted by Crippen LogP contribution is -2.25. The van der Waals surface area contributed by atoms with Crippen molar-refractivity contribution in [3.8, 4) is 16.6 Å². The van der Waals surface area contributed by atoms with Gasteiger partial charge in [-0.15, -0.1) is 4.99 Å². The third-order valence-corrected chi connectivity index (χ3v) is 5.88. The van der Waals surface area contributed by atoms with E-state index in [1.165, 1.54) is 11.3 Å². The van der Waals surface area contributed by atoms with Crippen molar-refractivity contribution in [2.24, 2.45) is 4.99 Å². The smallest absolute Gasteiger partial charge is 0.443 e. The minimum Gasteiger partial charge on any atom is -0.491 e. The predicted octanol–water partition coefficient (Wildman–Crippen LogP) is 2.58. The molecule has 3 aromatic rings. The number of aromatic nitrogens is 3. The molecule has 10 nitrogen and oxygen atoms in total. The van der Waals surface area contributed by atoms with Crippen molar-refractivity contribution >= 4 is 34.2 Å². The second kappa shape index (κ2) is 9.13. The van der Waals surface area contributed by atoms with E-state index < -0.39 is 6.09 Å². The van der Waals surface area contributed by atoms with Crippen molar-refractivity contribution < 1.29 is 19.0 Å². The van der Waals surface area contributed by atoms with E-state index >= 15 is 0 Å². The number of nitrogens with one attached hydrogen (secondary N) is 1. The average molecular weight is 459 g/mol. The van der Waals surface area contributed by atoms with Gasteiger partial charge >= 0.3 is 6.09 Å². The molecule has 170 valence electrons. The summed E-state index contributed by atoms with van der Waals surface area (Å²) in [6, 6.07) is 3.81. The van der Waals surface area contributed by atoms with Gasteiger partial charge in [-0.2, -0.15) is 0 Å². The van der Waals surface area contributed by atoms with Gasteiger partial charge in [-0.05, 0) is 40.1 Å². The molecule has 3 heterocycles. The number of benzene rings is 1. The highest BCUT2D eigenvalue weighted by molar-refractivity contribution is 7.13. The number of methoxy groups -OCH3 is 1. The van der Waals surface area contributed by atoms with Gasteiger partial charge in [-0.3, -0.25) is 4.57 Å². The fraction of sp³-hybridized carbons (Fsp3) is 0.429. The minimum atomic E-state index is -0.748. The molecule has 0 saturated heterocycles. The fourth-order valence-corrected chi connectivity index (χ4v) is 4.23. The van der Waals surface area contributed by atoms with Crippen LogP contribution in [0.5, 0.6) is 16.6 Å². The highest BCUT2D eigenvalue weighted by atomic mass is 32.1. The van der Waals surface area contributed by atoms with Crippen LogP contribution in [0.15, 0.2) is 17.1 Å². The molecular weight excluding hydrogens is 432 g/mol. The Bertz CT molecular complexity index is 1230. The van der Waals surface area contributed by atoms with E-state index in [1.807, 2.05) is 42.6 Å². The summed E-state index contributed by atoms with van der Waals surface area (Å²) >= 11 is 1.31. The Morgan fingerprint density at radius 3 is 2.81 bits per heavy atom. The highest BCUT2D eigenvalue weighted by Crippen LogP contribution is 2.37. The molecule has 2 aromatic heterocycles. The lowest BCUT2D eigenvalue weighted by molar-refractivity contribution is 0.211. The van der Waals surface area contributed by atoms with E-state index in [1.54, 1.807) is 14.0 Å². The van der Waals surface area contributed by atoms with Crippen LogP contribution in [0.3, 0.4) is 0 Å². The number of ether oxygens (including phenoxy) is 3. The minimum absolute atomic E-state index is 0.241. The van der Waals surface area contributed by atoms with E-state index in [0.29, 0.717) is 47.5 Å². The highest BCUT2D eigenvalue weighted by Gasteiger charge is 2.21. The molecule has 0 unspecified atom stereocenters. The van der Waals surface area contributed by atoms with Crippen molar-refractivity contribution in [2.45, 2.75) is 20.4 Å². The van der Waals surface area contributed by atoms with Crippen LogP contribution < -0.4 is 25.1 Å². The van der Waals surface area contributed by atoms with E-state index in [4.69, 9.17) is 14.2 Å². The maximum atomic E-state index is 12.6. The Balaban J connectivity index is 1.76. The largest absolute Gasteiger partial charge is 0.491 e. The van der Waals surface area contributed by atoms with Gasteiger partial charge in [-0.25, -0.2) is 14.8 Å². The molecule has 32 heavy (non-hydrogen) atoms. The molecule has 0 spiro atoms. The number of nitrogens with zero attached hydrogens (tertiary/aromatic N) is 5. The number of likely N-dealkylation sites (N-methyl/N-ethyl adjacent to an activating group) is 1. The zero-order valence-electron chi connectivity index (χ0n) is 18.8. The van der Waals surface area contributed by atoms with Crippen molar-refractivity contribution in [3.05, 3.63) is 28.5 Å². The number of hydrogen-bond donors (Lipinski definition) is 1. The number of fused-ring (bicyclic) bond motifs is 3. The van der Waals surface area contributed by atoms with Gasteiger partial charge < -0.3 is 24.4 Å². The predicted molar refractivity (Wildman–Crippen MR) is 122 cm³/mol. The summed E-state index contributed by atoms with van der Waals surface area (Å²) in [6.45, 7) is 6.25. The van der Waals surface area contributed by atoms with Crippen molar-refractivity contribution in [3.63, 3.8) is 0 Å². The molecule has 0 atom stereocenters. The van der Waals surface area contributed by atoms with Gasteiger partial charge in [0.2, 0.25) is 10.7 Å². The molecule has 1 aliphatic rings. The van der Waals surface area contributed by atoms with Crippen LogP contribution in [0.1, 0.15) is 10.7 Å². The zero-order chi connectivity index (χ0) is 22.8. The summed E-state index contributed by atoms with van der Waals surface area (Å²) < 4.78 is 18.8. The number of hydrogen-bond acceptors (Lipinski definition) is 9. The van der Waals surface area contributed by atoms with Crippen molar-refractivity contribution in [1.82, 2.24) is 19.4 Å². The summed E-state index contributed by atoms with van der Waals surface area (Å²) in [5, 5.41) is 5.46. The van der Waals surface area contributed by atoms with Crippen LogP contribution in [-0.4, -0.2) is 66.4 Å². The number of amides is 1. The Morgan fingerprint density at radius 2 is 2.12 bits per heavy atom. The van der Waals surface area contributed by atoms with Gasteiger partial charge in [0.05, 0.1) is 17.8 Å². The van der Waals surface area contributed by atoms with E-state index in [2.05, 4.69) is 20.3 Å². The third kappa shape index (κ3) is 4.39. The first kappa shape index (κ1) is 22.0. The van der Waals surface area contributed by atoms with Crippen LogP contribution in [0.2, 0.25) is 0 Å². The van der Waals surface area contributed by atoms with Crippen molar-refractivity contribution in [2.75, 3.05) is 46.2 Å². The molecule has 1 amide bonds. The van der Waals surface area contributed by atoms with Gasteiger partial charge in [-0.1, -0.05) is 11.3 Å². The zero-order valence-corrected chi connectivity index (χ0v) is 19.6. The summed E-state index contributed by atoms with van der Waals surface area (Å²) in [5.41, 5.74) is 1.46. The summed E-state index contributed by atoms with van der Waals surface area (Å²) in [4.78, 5) is 27.7. The summed E-state index contributed by atoms with van der Waals surface area (Å²) in [6.07, 6.45) is -0.748.